The van der Waals surface area contributed by atoms with Crippen LogP contribution in [0.5, 0.6) is 0 Å². The van der Waals surface area contributed by atoms with Gasteiger partial charge in [-0.05, 0) is 59.4 Å². The summed E-state index contributed by atoms with van der Waals surface area (Å²) in [6.07, 6.45) is 7.50. The van der Waals surface area contributed by atoms with Crippen LogP contribution in [0.1, 0.15) is 77.3 Å². The van der Waals surface area contributed by atoms with Gasteiger partial charge >= 0.3 is 0 Å². The maximum atomic E-state index is 3.74. The van der Waals surface area contributed by atoms with E-state index in [0.717, 1.165) is 0 Å². The second-order valence-corrected chi connectivity index (χ2v) is 10.1. The van der Waals surface area contributed by atoms with Gasteiger partial charge in [0.05, 0.1) is 0 Å². The topological polar surface area (TPSA) is 0 Å². The lowest BCUT2D eigenvalue weighted by Gasteiger charge is -2.53. The van der Waals surface area contributed by atoms with Crippen molar-refractivity contribution in [1.82, 2.24) is 0 Å². The first-order valence-corrected chi connectivity index (χ1v) is 11.6. The quantitative estimate of drug-likeness (QED) is 0.339. The molecule has 0 aromatic heterocycles. The molecular weight excluding hydrogens is 479 g/mol. The highest BCUT2D eigenvalue weighted by Gasteiger charge is 2.50. The second kappa shape index (κ2) is 9.10. The first kappa shape index (κ1) is 23.1. The Kier molecular flexibility index (Phi) is 7.79. The number of unbranched alkanes of at least 4 members (excludes halogenated alkanes) is 2. The number of hydrogen-bond acceptors (Lipinski definition) is 0. The molecule has 148 valence electrons. The Morgan fingerprint density at radius 3 is 1.41 bits per heavy atom. The fraction of sp³-hybridized carbons (Fsp3) is 0.500. The molecule has 3 atom stereocenters. The molecule has 0 radical (unpaired) electrons. The lowest BCUT2D eigenvalue weighted by Crippen LogP contribution is -2.48. The van der Waals surface area contributed by atoms with Crippen LogP contribution in [0.2, 0.25) is 0 Å². The predicted octanol–water partition coefficient (Wildman–Crippen LogP) is 8.85. The van der Waals surface area contributed by atoms with Gasteiger partial charge in [-0.15, -0.1) is 0 Å². The molecule has 0 saturated carbocycles. The summed E-state index contributed by atoms with van der Waals surface area (Å²) in [5.41, 5.74) is 6.17. The molecule has 3 unspecified atom stereocenters. The maximum absolute atomic E-state index is 3.74. The fourth-order valence-corrected chi connectivity index (χ4v) is 5.61. The van der Waals surface area contributed by atoms with Gasteiger partial charge in [0.1, 0.15) is 0 Å². The SMILES string of the molecule is CCCCC1(C)c2cc(Br)ccc2-c2ccc(Br)cc2C1(C)CCCC.P. The molecule has 1 aliphatic carbocycles. The molecule has 1 aliphatic rings. The molecule has 0 nitrogen and oxygen atoms in total. The third-order valence-corrected chi connectivity index (χ3v) is 7.71. The minimum Gasteiger partial charge on any atom is -0.153 e. The van der Waals surface area contributed by atoms with Crippen LogP contribution in [0.3, 0.4) is 0 Å². The van der Waals surface area contributed by atoms with E-state index in [-0.39, 0.29) is 20.7 Å². The number of hydrogen-bond donors (Lipinski definition) is 0. The molecule has 27 heavy (non-hydrogen) atoms. The van der Waals surface area contributed by atoms with Crippen LogP contribution >= 0.6 is 41.8 Å². The first-order valence-electron chi connectivity index (χ1n) is 9.98. The predicted molar refractivity (Wildman–Crippen MR) is 132 cm³/mol. The van der Waals surface area contributed by atoms with E-state index in [4.69, 9.17) is 0 Å². The zero-order valence-electron chi connectivity index (χ0n) is 17.2. The van der Waals surface area contributed by atoms with Gasteiger partial charge in [-0.2, -0.15) is 9.90 Å². The summed E-state index contributed by atoms with van der Waals surface area (Å²) in [7, 11) is 0. The van der Waals surface area contributed by atoms with Crippen molar-refractivity contribution in [2.45, 2.75) is 77.0 Å². The van der Waals surface area contributed by atoms with Crippen LogP contribution in [0.15, 0.2) is 45.3 Å². The van der Waals surface area contributed by atoms with Gasteiger partial charge in [0, 0.05) is 19.8 Å². The van der Waals surface area contributed by atoms with Crippen molar-refractivity contribution in [3.05, 3.63) is 56.5 Å². The van der Waals surface area contributed by atoms with Crippen molar-refractivity contribution >= 4 is 41.8 Å². The average molecular weight is 512 g/mol. The third kappa shape index (κ3) is 3.96. The Hall–Kier alpha value is -0.170. The summed E-state index contributed by atoms with van der Waals surface area (Å²) in [5, 5.41) is 0. The van der Waals surface area contributed by atoms with Crippen molar-refractivity contribution in [3.8, 4) is 11.1 Å². The van der Waals surface area contributed by atoms with Crippen molar-refractivity contribution in [2.75, 3.05) is 0 Å². The molecule has 0 heterocycles. The van der Waals surface area contributed by atoms with Crippen LogP contribution < -0.4 is 0 Å². The van der Waals surface area contributed by atoms with Gasteiger partial charge in [0.25, 0.3) is 0 Å². The van der Waals surface area contributed by atoms with E-state index >= 15 is 0 Å². The maximum Gasteiger partial charge on any atom is 0.0178 e. The van der Waals surface area contributed by atoms with Crippen LogP contribution in [0.25, 0.3) is 11.1 Å². The Morgan fingerprint density at radius 1 is 0.704 bits per heavy atom. The lowest BCUT2D eigenvalue weighted by atomic mass is 9.51. The summed E-state index contributed by atoms with van der Waals surface area (Å²) in [6, 6.07) is 13.8. The molecule has 0 N–H and O–H groups in total. The second-order valence-electron chi connectivity index (χ2n) is 8.25. The molecule has 0 fully saturated rings. The van der Waals surface area contributed by atoms with Gasteiger partial charge in [0.2, 0.25) is 0 Å². The zero-order chi connectivity index (χ0) is 18.9. The molecule has 2 aromatic rings. The van der Waals surface area contributed by atoms with E-state index in [1.54, 1.807) is 0 Å². The molecule has 0 aliphatic heterocycles. The van der Waals surface area contributed by atoms with Crippen LogP contribution in [0.4, 0.5) is 0 Å². The Labute approximate surface area is 185 Å². The highest BCUT2D eigenvalue weighted by atomic mass is 79.9. The van der Waals surface area contributed by atoms with Crippen molar-refractivity contribution in [1.29, 1.82) is 0 Å². The molecular formula is C24H33Br2P. The van der Waals surface area contributed by atoms with Crippen LogP contribution in [-0.4, -0.2) is 0 Å². The van der Waals surface area contributed by atoms with Crippen LogP contribution in [-0.2, 0) is 10.8 Å². The Bertz CT molecular complexity index is 733. The highest BCUT2D eigenvalue weighted by molar-refractivity contribution is 9.10. The Morgan fingerprint density at radius 2 is 1.07 bits per heavy atom. The molecule has 0 bridgehead atoms. The van der Waals surface area contributed by atoms with Gasteiger partial charge in [-0.1, -0.05) is 97.4 Å². The largest absolute Gasteiger partial charge is 0.153 e. The number of rotatable bonds is 6. The zero-order valence-corrected chi connectivity index (χ0v) is 21.8. The van der Waals surface area contributed by atoms with E-state index in [1.165, 1.54) is 69.7 Å². The monoisotopic (exact) mass is 510 g/mol. The molecule has 2 aromatic carbocycles. The highest BCUT2D eigenvalue weighted by Crippen LogP contribution is 2.58. The Balaban J connectivity index is 0.00000261. The van der Waals surface area contributed by atoms with E-state index in [9.17, 15) is 0 Å². The normalized spacial score (nSPS) is 23.3. The minimum atomic E-state index is 0. The molecule has 0 saturated heterocycles. The van der Waals surface area contributed by atoms with E-state index in [2.05, 4.69) is 96.0 Å². The van der Waals surface area contributed by atoms with Crippen molar-refractivity contribution in [2.24, 2.45) is 0 Å². The fourth-order valence-electron chi connectivity index (χ4n) is 4.89. The smallest absolute Gasteiger partial charge is 0.0178 e. The molecule has 0 amide bonds. The summed E-state index contributed by atoms with van der Waals surface area (Å²) in [4.78, 5) is 0. The number of halogens is 2. The number of fused-ring (bicyclic) bond motifs is 3. The van der Waals surface area contributed by atoms with Gasteiger partial charge in [-0.3, -0.25) is 0 Å². The summed E-state index contributed by atoms with van der Waals surface area (Å²) in [6.45, 7) is 9.66. The minimum absolute atomic E-state index is 0. The van der Waals surface area contributed by atoms with Gasteiger partial charge in [-0.25, -0.2) is 0 Å². The van der Waals surface area contributed by atoms with E-state index in [1.807, 2.05) is 0 Å². The summed E-state index contributed by atoms with van der Waals surface area (Å²) >= 11 is 7.49. The first-order chi connectivity index (χ1) is 12.4. The van der Waals surface area contributed by atoms with Gasteiger partial charge < -0.3 is 0 Å². The standard InChI is InChI=1S/C24H30Br2.H3P/c1-5-7-13-23(3)21-15-17(25)9-11-19(21)20-12-10-18(26)16-22(20)24(23,4)14-8-6-2;/h9-12,15-16H,5-8,13-14H2,1-4H3;1H3. The average Bonchev–Trinajstić information content (AvgIpc) is 2.63. The summed E-state index contributed by atoms with van der Waals surface area (Å²) in [5.74, 6) is 0. The van der Waals surface area contributed by atoms with Crippen molar-refractivity contribution in [3.63, 3.8) is 0 Å². The summed E-state index contributed by atoms with van der Waals surface area (Å²) < 4.78 is 2.38. The third-order valence-electron chi connectivity index (χ3n) is 6.72. The van der Waals surface area contributed by atoms with Crippen LogP contribution in [0, 0.1) is 0 Å². The van der Waals surface area contributed by atoms with E-state index in [0.29, 0.717) is 0 Å². The van der Waals surface area contributed by atoms with Crippen molar-refractivity contribution < 1.29 is 0 Å². The molecule has 3 rings (SSSR count). The van der Waals surface area contributed by atoms with E-state index < -0.39 is 0 Å². The molecule has 0 spiro atoms. The van der Waals surface area contributed by atoms with Gasteiger partial charge in [0.15, 0.2) is 0 Å². The number of benzene rings is 2. The lowest BCUT2D eigenvalue weighted by molar-refractivity contribution is 0.207. The molecule has 3 heteroatoms.